The van der Waals surface area contributed by atoms with E-state index in [1.165, 1.54) is 7.11 Å². The summed E-state index contributed by atoms with van der Waals surface area (Å²) in [6.45, 7) is 5.75. The molecule has 14 heavy (non-hydrogen) atoms. The van der Waals surface area contributed by atoms with Crippen LogP contribution in [0.4, 0.5) is 0 Å². The highest BCUT2D eigenvalue weighted by Crippen LogP contribution is 2.22. The van der Waals surface area contributed by atoms with Crippen LogP contribution < -0.4 is 5.90 Å². The normalized spacial score (nSPS) is 15.3. The first kappa shape index (κ1) is 13.4. The number of carbonyl (C=O) groups excluding carboxylic acids is 1. The maximum atomic E-state index is 11.6. The van der Waals surface area contributed by atoms with Crippen LogP contribution in [0.3, 0.4) is 0 Å². The molecule has 0 saturated carbocycles. The van der Waals surface area contributed by atoms with Gasteiger partial charge in [0, 0.05) is 7.11 Å². The molecule has 0 amide bonds. The molecular formula is C9H19NO4. The van der Waals surface area contributed by atoms with Crippen LogP contribution in [0.25, 0.3) is 0 Å². The zero-order valence-corrected chi connectivity index (χ0v) is 9.20. The highest BCUT2D eigenvalue weighted by Gasteiger charge is 2.44. The van der Waals surface area contributed by atoms with Crippen molar-refractivity contribution in [3.8, 4) is 0 Å². The SMILES string of the molecule is CCOC(=O)C(COC)(ON)C(C)C. The third-order valence-corrected chi connectivity index (χ3v) is 2.12. The Morgan fingerprint density at radius 3 is 2.36 bits per heavy atom. The molecule has 1 unspecified atom stereocenters. The fraction of sp³-hybridized carbons (Fsp3) is 0.889. The Bertz CT molecular complexity index is 184. The van der Waals surface area contributed by atoms with Crippen LogP contribution in [-0.2, 0) is 19.1 Å². The summed E-state index contributed by atoms with van der Waals surface area (Å²) in [6, 6.07) is 0. The van der Waals surface area contributed by atoms with Gasteiger partial charge in [-0.05, 0) is 12.8 Å². The molecule has 0 heterocycles. The molecule has 0 aromatic carbocycles. The second-order valence-corrected chi connectivity index (χ2v) is 3.32. The van der Waals surface area contributed by atoms with E-state index >= 15 is 0 Å². The molecule has 84 valence electrons. The largest absolute Gasteiger partial charge is 0.464 e. The predicted molar refractivity (Wildman–Crippen MR) is 51.4 cm³/mol. The van der Waals surface area contributed by atoms with Gasteiger partial charge in [-0.3, -0.25) is 4.84 Å². The van der Waals surface area contributed by atoms with Gasteiger partial charge in [-0.25, -0.2) is 10.7 Å². The molecule has 0 saturated heterocycles. The predicted octanol–water partition coefficient (Wildman–Crippen LogP) is 0.481. The van der Waals surface area contributed by atoms with Gasteiger partial charge in [-0.1, -0.05) is 13.8 Å². The molecule has 1 atom stereocenters. The van der Waals surface area contributed by atoms with Gasteiger partial charge in [-0.2, -0.15) is 0 Å². The van der Waals surface area contributed by atoms with E-state index in [1.807, 2.05) is 13.8 Å². The minimum Gasteiger partial charge on any atom is -0.464 e. The van der Waals surface area contributed by atoms with E-state index in [-0.39, 0.29) is 12.5 Å². The molecule has 0 aliphatic rings. The molecule has 5 nitrogen and oxygen atoms in total. The highest BCUT2D eigenvalue weighted by atomic mass is 16.7. The van der Waals surface area contributed by atoms with Crippen molar-refractivity contribution in [2.75, 3.05) is 20.3 Å². The maximum absolute atomic E-state index is 11.6. The van der Waals surface area contributed by atoms with Crippen LogP contribution >= 0.6 is 0 Å². The van der Waals surface area contributed by atoms with Crippen LogP contribution in [0, 0.1) is 5.92 Å². The van der Waals surface area contributed by atoms with Gasteiger partial charge >= 0.3 is 5.97 Å². The van der Waals surface area contributed by atoms with Gasteiger partial charge in [0.1, 0.15) is 0 Å². The zero-order chi connectivity index (χ0) is 11.2. The maximum Gasteiger partial charge on any atom is 0.343 e. The summed E-state index contributed by atoms with van der Waals surface area (Å²) in [4.78, 5) is 16.4. The van der Waals surface area contributed by atoms with Crippen LogP contribution in [0.2, 0.25) is 0 Å². The van der Waals surface area contributed by atoms with Crippen molar-refractivity contribution in [3.63, 3.8) is 0 Å². The summed E-state index contributed by atoms with van der Waals surface area (Å²) in [6.07, 6.45) is 0. The lowest BCUT2D eigenvalue weighted by Crippen LogP contribution is -2.53. The molecule has 0 radical (unpaired) electrons. The number of hydrogen-bond donors (Lipinski definition) is 1. The van der Waals surface area contributed by atoms with Crippen LogP contribution in [-0.4, -0.2) is 31.9 Å². The standard InChI is InChI=1S/C9H19NO4/c1-5-13-8(11)9(14-10,6-12-4)7(2)3/h7H,5-6,10H2,1-4H3. The molecule has 0 fully saturated rings. The number of hydrogen-bond acceptors (Lipinski definition) is 5. The minimum atomic E-state index is -1.20. The van der Waals surface area contributed by atoms with Gasteiger partial charge in [0.15, 0.2) is 0 Å². The van der Waals surface area contributed by atoms with E-state index in [9.17, 15) is 4.79 Å². The summed E-state index contributed by atoms with van der Waals surface area (Å²) in [5, 5.41) is 0. The van der Waals surface area contributed by atoms with Crippen molar-refractivity contribution in [1.29, 1.82) is 0 Å². The molecule has 0 aliphatic heterocycles. The van der Waals surface area contributed by atoms with Crippen molar-refractivity contribution in [2.24, 2.45) is 11.8 Å². The lowest BCUT2D eigenvalue weighted by atomic mass is 9.91. The fourth-order valence-corrected chi connectivity index (χ4v) is 1.15. The van der Waals surface area contributed by atoms with Crippen molar-refractivity contribution in [1.82, 2.24) is 0 Å². The third kappa shape index (κ3) is 2.67. The molecule has 0 aromatic heterocycles. The van der Waals surface area contributed by atoms with Crippen molar-refractivity contribution >= 4 is 5.97 Å². The Hall–Kier alpha value is -0.650. The Morgan fingerprint density at radius 1 is 1.50 bits per heavy atom. The Labute approximate surface area is 84.5 Å². The molecule has 0 rings (SSSR count). The number of esters is 1. The highest BCUT2D eigenvalue weighted by molar-refractivity contribution is 5.80. The van der Waals surface area contributed by atoms with Crippen molar-refractivity contribution in [3.05, 3.63) is 0 Å². The first-order valence-electron chi connectivity index (χ1n) is 4.59. The summed E-state index contributed by atoms with van der Waals surface area (Å²) in [5.41, 5.74) is -1.20. The lowest BCUT2D eigenvalue weighted by molar-refractivity contribution is -0.189. The van der Waals surface area contributed by atoms with Gasteiger partial charge < -0.3 is 9.47 Å². The second kappa shape index (κ2) is 5.95. The lowest BCUT2D eigenvalue weighted by Gasteiger charge is -2.31. The molecule has 0 bridgehead atoms. The third-order valence-electron chi connectivity index (χ3n) is 2.12. The van der Waals surface area contributed by atoms with Crippen LogP contribution in [0.1, 0.15) is 20.8 Å². The molecule has 0 aromatic rings. The summed E-state index contributed by atoms with van der Waals surface area (Å²) >= 11 is 0. The van der Waals surface area contributed by atoms with E-state index < -0.39 is 11.6 Å². The average Bonchev–Trinajstić information content (AvgIpc) is 2.14. The zero-order valence-electron chi connectivity index (χ0n) is 9.20. The van der Waals surface area contributed by atoms with E-state index in [0.717, 1.165) is 0 Å². The van der Waals surface area contributed by atoms with E-state index in [4.69, 9.17) is 20.2 Å². The minimum absolute atomic E-state index is 0.0833. The topological polar surface area (TPSA) is 70.8 Å². The molecule has 2 N–H and O–H groups in total. The molecule has 0 aliphatic carbocycles. The van der Waals surface area contributed by atoms with Gasteiger partial charge in [0.05, 0.1) is 13.2 Å². The second-order valence-electron chi connectivity index (χ2n) is 3.32. The first-order chi connectivity index (χ1) is 6.55. The Kier molecular flexibility index (Phi) is 5.68. The fourth-order valence-electron chi connectivity index (χ4n) is 1.15. The van der Waals surface area contributed by atoms with E-state index in [0.29, 0.717) is 6.61 Å². The van der Waals surface area contributed by atoms with Gasteiger partial charge in [-0.15, -0.1) is 0 Å². The summed E-state index contributed by atoms with van der Waals surface area (Å²) in [7, 11) is 1.48. The number of ether oxygens (including phenoxy) is 2. The van der Waals surface area contributed by atoms with Crippen molar-refractivity contribution < 1.29 is 19.1 Å². The molecule has 0 spiro atoms. The average molecular weight is 205 g/mol. The summed E-state index contributed by atoms with van der Waals surface area (Å²) in [5.74, 6) is 4.54. The van der Waals surface area contributed by atoms with Gasteiger partial charge in [0.2, 0.25) is 5.60 Å². The first-order valence-corrected chi connectivity index (χ1v) is 4.59. The Balaban J connectivity index is 4.73. The number of carbonyl (C=O) groups is 1. The van der Waals surface area contributed by atoms with Crippen LogP contribution in [0.5, 0.6) is 0 Å². The molecule has 5 heteroatoms. The summed E-state index contributed by atoms with van der Waals surface area (Å²) < 4.78 is 9.81. The monoisotopic (exact) mass is 205 g/mol. The Morgan fingerprint density at radius 2 is 2.07 bits per heavy atom. The number of rotatable bonds is 6. The number of methoxy groups -OCH3 is 1. The van der Waals surface area contributed by atoms with Gasteiger partial charge in [0.25, 0.3) is 0 Å². The van der Waals surface area contributed by atoms with E-state index in [1.54, 1.807) is 6.92 Å². The quantitative estimate of drug-likeness (QED) is 0.504. The van der Waals surface area contributed by atoms with Crippen molar-refractivity contribution in [2.45, 2.75) is 26.4 Å². The molecular weight excluding hydrogens is 186 g/mol. The van der Waals surface area contributed by atoms with Crippen LogP contribution in [0.15, 0.2) is 0 Å². The smallest absolute Gasteiger partial charge is 0.343 e. The van der Waals surface area contributed by atoms with E-state index in [2.05, 4.69) is 0 Å². The number of nitrogens with two attached hydrogens (primary N) is 1.